The maximum absolute atomic E-state index is 12.3. The van der Waals surface area contributed by atoms with Crippen molar-refractivity contribution in [2.75, 3.05) is 0 Å². The zero-order valence-corrected chi connectivity index (χ0v) is 17.6. The van der Waals surface area contributed by atoms with E-state index in [-0.39, 0.29) is 12.3 Å². The van der Waals surface area contributed by atoms with Crippen molar-refractivity contribution in [1.82, 2.24) is 5.43 Å². The van der Waals surface area contributed by atoms with Gasteiger partial charge in [-0.1, -0.05) is 60.2 Å². The first-order chi connectivity index (χ1) is 15.6. The molecular formula is C27H22N2O3. The van der Waals surface area contributed by atoms with Crippen LogP contribution in [0.15, 0.2) is 96.1 Å². The number of carbonyl (C=O) groups excluding carboxylic acids is 2. The lowest BCUT2D eigenvalue weighted by molar-refractivity contribution is -0.120. The molecule has 32 heavy (non-hydrogen) atoms. The summed E-state index contributed by atoms with van der Waals surface area (Å²) in [6, 6.07) is 28.0. The number of amides is 1. The van der Waals surface area contributed by atoms with E-state index >= 15 is 0 Å². The molecule has 0 aliphatic carbocycles. The van der Waals surface area contributed by atoms with Crippen molar-refractivity contribution >= 4 is 28.9 Å². The number of hydrogen-bond donors (Lipinski definition) is 1. The molecular weight excluding hydrogens is 400 g/mol. The van der Waals surface area contributed by atoms with E-state index in [1.165, 1.54) is 0 Å². The van der Waals surface area contributed by atoms with Gasteiger partial charge in [0.25, 0.3) is 0 Å². The fourth-order valence-corrected chi connectivity index (χ4v) is 3.32. The van der Waals surface area contributed by atoms with Crippen LogP contribution >= 0.6 is 0 Å². The Kier molecular flexibility index (Phi) is 6.37. The number of fused-ring (bicyclic) bond motifs is 1. The Morgan fingerprint density at radius 1 is 0.875 bits per heavy atom. The minimum absolute atomic E-state index is 0.193. The van der Waals surface area contributed by atoms with E-state index in [9.17, 15) is 9.59 Å². The highest BCUT2D eigenvalue weighted by Crippen LogP contribution is 2.19. The first-order valence-corrected chi connectivity index (χ1v) is 10.3. The second kappa shape index (κ2) is 9.71. The molecule has 0 aliphatic rings. The number of carbonyl (C=O) groups is 2. The number of rotatable bonds is 6. The molecule has 0 heterocycles. The van der Waals surface area contributed by atoms with Crippen LogP contribution < -0.4 is 10.2 Å². The summed E-state index contributed by atoms with van der Waals surface area (Å²) in [6.45, 7) is 1.96. The fourth-order valence-electron chi connectivity index (χ4n) is 3.32. The summed E-state index contributed by atoms with van der Waals surface area (Å²) in [6.07, 6.45) is 1.79. The van der Waals surface area contributed by atoms with Crippen LogP contribution in [0.5, 0.6) is 5.75 Å². The van der Waals surface area contributed by atoms with Gasteiger partial charge in [-0.15, -0.1) is 0 Å². The molecule has 0 atom stereocenters. The summed E-state index contributed by atoms with van der Waals surface area (Å²) in [4.78, 5) is 24.5. The number of hydrazone groups is 1. The van der Waals surface area contributed by atoms with Crippen LogP contribution in [0.25, 0.3) is 10.8 Å². The van der Waals surface area contributed by atoms with E-state index in [2.05, 4.69) is 10.5 Å². The summed E-state index contributed by atoms with van der Waals surface area (Å²) in [5.41, 5.74) is 5.86. The van der Waals surface area contributed by atoms with Crippen molar-refractivity contribution < 1.29 is 14.3 Å². The average molecular weight is 422 g/mol. The molecule has 0 radical (unpaired) electrons. The van der Waals surface area contributed by atoms with Crippen LogP contribution in [0.1, 0.15) is 27.0 Å². The third-order valence-electron chi connectivity index (χ3n) is 5.01. The minimum atomic E-state index is -0.410. The lowest BCUT2D eigenvalue weighted by atomic mass is 10.0. The topological polar surface area (TPSA) is 67.8 Å². The van der Waals surface area contributed by atoms with Gasteiger partial charge in [0.2, 0.25) is 5.91 Å². The Balaban J connectivity index is 1.32. The first-order valence-electron chi connectivity index (χ1n) is 10.3. The molecule has 1 N–H and O–H groups in total. The number of ether oxygens (including phenoxy) is 1. The zero-order valence-electron chi connectivity index (χ0n) is 17.6. The lowest BCUT2D eigenvalue weighted by Gasteiger charge is -2.06. The van der Waals surface area contributed by atoms with Crippen LogP contribution in [0, 0.1) is 6.92 Å². The SMILES string of the molecule is Cc1ccc(C(=O)Oc2ccc(/C=N\NC(=O)Cc3cccc4ccccc34)cc2)cc1. The van der Waals surface area contributed by atoms with Crippen molar-refractivity contribution in [3.05, 3.63) is 113 Å². The predicted molar refractivity (Wildman–Crippen MR) is 126 cm³/mol. The normalized spacial score (nSPS) is 10.9. The average Bonchev–Trinajstić information content (AvgIpc) is 2.81. The van der Waals surface area contributed by atoms with E-state index < -0.39 is 5.97 Å². The molecule has 4 aromatic rings. The van der Waals surface area contributed by atoms with Crippen molar-refractivity contribution in [3.63, 3.8) is 0 Å². The Hall–Kier alpha value is -4.25. The summed E-state index contributed by atoms with van der Waals surface area (Å²) in [5, 5.41) is 6.19. The van der Waals surface area contributed by atoms with E-state index in [0.717, 1.165) is 27.5 Å². The van der Waals surface area contributed by atoms with Gasteiger partial charge >= 0.3 is 5.97 Å². The number of hydrogen-bond acceptors (Lipinski definition) is 4. The highest BCUT2D eigenvalue weighted by atomic mass is 16.5. The molecule has 0 bridgehead atoms. The zero-order chi connectivity index (χ0) is 22.3. The largest absolute Gasteiger partial charge is 0.423 e. The van der Waals surface area contributed by atoms with E-state index in [1.807, 2.05) is 61.5 Å². The summed E-state index contributed by atoms with van der Waals surface area (Å²) in [7, 11) is 0. The molecule has 0 spiro atoms. The number of nitrogens with one attached hydrogen (secondary N) is 1. The monoisotopic (exact) mass is 422 g/mol. The van der Waals surface area contributed by atoms with Gasteiger partial charge < -0.3 is 4.74 Å². The second-order valence-electron chi connectivity index (χ2n) is 7.43. The third-order valence-corrected chi connectivity index (χ3v) is 5.01. The molecule has 5 heteroatoms. The van der Waals surface area contributed by atoms with Crippen LogP contribution in [0.4, 0.5) is 0 Å². The Bertz CT molecular complexity index is 1270. The quantitative estimate of drug-likeness (QED) is 0.204. The molecule has 0 saturated carbocycles. The van der Waals surface area contributed by atoms with Crippen molar-refractivity contribution in [3.8, 4) is 5.75 Å². The number of aryl methyl sites for hydroxylation is 1. The number of benzene rings is 4. The highest BCUT2D eigenvalue weighted by Gasteiger charge is 2.08. The van der Waals surface area contributed by atoms with Crippen molar-refractivity contribution in [2.24, 2.45) is 5.10 Å². The van der Waals surface area contributed by atoms with Crippen molar-refractivity contribution in [1.29, 1.82) is 0 Å². The van der Waals surface area contributed by atoms with Gasteiger partial charge in [0.1, 0.15) is 5.75 Å². The standard InChI is InChI=1S/C27H22N2O3/c1-19-9-13-22(14-10-19)27(31)32-24-15-11-20(12-16-24)18-28-29-26(30)17-23-7-4-6-21-5-2-3-8-25(21)23/h2-16,18H,17H2,1H3,(H,29,30)/b28-18-. The second-order valence-corrected chi connectivity index (χ2v) is 7.43. The van der Waals surface area contributed by atoms with Crippen LogP contribution in [-0.4, -0.2) is 18.1 Å². The molecule has 158 valence electrons. The van der Waals surface area contributed by atoms with Crippen LogP contribution in [-0.2, 0) is 11.2 Å². The summed E-state index contributed by atoms with van der Waals surface area (Å²) in [5.74, 6) is -0.166. The molecule has 5 nitrogen and oxygen atoms in total. The number of nitrogens with zero attached hydrogens (tertiary/aromatic N) is 1. The molecule has 0 saturated heterocycles. The van der Waals surface area contributed by atoms with E-state index in [1.54, 1.807) is 42.6 Å². The molecule has 4 aromatic carbocycles. The van der Waals surface area contributed by atoms with Crippen LogP contribution in [0.3, 0.4) is 0 Å². The maximum atomic E-state index is 12.3. The van der Waals surface area contributed by atoms with Gasteiger partial charge in [0.15, 0.2) is 0 Å². The molecule has 0 aliphatic heterocycles. The maximum Gasteiger partial charge on any atom is 0.343 e. The molecule has 1 amide bonds. The van der Waals surface area contributed by atoms with E-state index in [0.29, 0.717) is 11.3 Å². The fraction of sp³-hybridized carbons (Fsp3) is 0.0741. The van der Waals surface area contributed by atoms with Crippen LogP contribution in [0.2, 0.25) is 0 Å². The highest BCUT2D eigenvalue weighted by molar-refractivity contribution is 5.92. The molecule has 4 rings (SSSR count). The third kappa shape index (κ3) is 5.26. The summed E-state index contributed by atoms with van der Waals surface area (Å²) >= 11 is 0. The molecule has 0 unspecified atom stereocenters. The molecule has 0 aromatic heterocycles. The lowest BCUT2D eigenvalue weighted by Crippen LogP contribution is -2.19. The smallest absolute Gasteiger partial charge is 0.343 e. The Morgan fingerprint density at radius 3 is 2.38 bits per heavy atom. The van der Waals surface area contributed by atoms with E-state index in [4.69, 9.17) is 4.74 Å². The van der Waals surface area contributed by atoms with Gasteiger partial charge in [-0.2, -0.15) is 5.10 Å². The van der Waals surface area contributed by atoms with Crippen molar-refractivity contribution in [2.45, 2.75) is 13.3 Å². The van der Waals surface area contributed by atoms with Gasteiger partial charge in [0.05, 0.1) is 18.2 Å². The van der Waals surface area contributed by atoms with Gasteiger partial charge in [0, 0.05) is 0 Å². The van der Waals surface area contributed by atoms with Gasteiger partial charge in [-0.3, -0.25) is 4.79 Å². The Labute approximate surface area is 186 Å². The first kappa shape index (κ1) is 21.0. The summed E-state index contributed by atoms with van der Waals surface area (Å²) < 4.78 is 5.39. The predicted octanol–water partition coefficient (Wildman–Crippen LogP) is 5.06. The molecule has 0 fully saturated rings. The van der Waals surface area contributed by atoms with Gasteiger partial charge in [-0.25, -0.2) is 10.2 Å². The number of esters is 1. The van der Waals surface area contributed by atoms with Gasteiger partial charge in [-0.05, 0) is 65.2 Å². The minimum Gasteiger partial charge on any atom is -0.423 e. The Morgan fingerprint density at radius 2 is 1.59 bits per heavy atom.